The van der Waals surface area contributed by atoms with E-state index in [0.717, 1.165) is 0 Å². The first-order chi connectivity index (χ1) is 11.7. The zero-order chi connectivity index (χ0) is 17.3. The predicted molar refractivity (Wildman–Crippen MR) is 113 cm³/mol. The van der Waals surface area contributed by atoms with E-state index in [0.29, 0.717) is 0 Å². The van der Waals surface area contributed by atoms with Crippen molar-refractivity contribution in [2.45, 2.75) is 77.0 Å². The first kappa shape index (κ1) is 19.8. The molecule has 0 spiro atoms. The van der Waals surface area contributed by atoms with Crippen molar-refractivity contribution in [1.82, 2.24) is 0 Å². The van der Waals surface area contributed by atoms with Crippen LogP contribution in [0.1, 0.15) is 64.9 Å². The first-order valence-corrected chi connectivity index (χ1v) is 18.3. The van der Waals surface area contributed by atoms with Crippen molar-refractivity contribution in [3.63, 3.8) is 0 Å². The molecule has 132 valence electrons. The molecule has 0 aliphatic heterocycles. The Morgan fingerprint density at radius 1 is 0.667 bits per heavy atom. The zero-order valence-corrected chi connectivity index (χ0v) is 19.0. The van der Waals surface area contributed by atoms with E-state index >= 15 is 0 Å². The van der Waals surface area contributed by atoms with Crippen LogP contribution in [0.15, 0.2) is 42.5 Å². The van der Waals surface area contributed by atoms with E-state index in [2.05, 4.69) is 63.2 Å². The number of hydrogen-bond acceptors (Lipinski definition) is 0. The molecule has 2 rings (SSSR count). The molecule has 2 aromatic rings. The molecule has 24 heavy (non-hydrogen) atoms. The summed E-state index contributed by atoms with van der Waals surface area (Å²) in [5.41, 5.74) is 1.66. The van der Waals surface area contributed by atoms with Crippen LogP contribution in [0.2, 0.25) is 13.3 Å². The molecular weight excluding hydrogens is 395 g/mol. The number of hydrogen-bond donors (Lipinski definition) is 0. The Morgan fingerprint density at radius 3 is 1.79 bits per heavy atom. The van der Waals surface area contributed by atoms with Crippen LogP contribution in [0.4, 0.5) is 0 Å². The van der Waals surface area contributed by atoms with E-state index in [1.165, 1.54) is 53.7 Å². The van der Waals surface area contributed by atoms with Crippen LogP contribution in [0.3, 0.4) is 0 Å². The third kappa shape index (κ3) is 5.51. The molecule has 0 atom stereocenters. The Bertz CT molecular complexity index is 575. The second-order valence-corrected chi connectivity index (χ2v) is 21.5. The van der Waals surface area contributed by atoms with Gasteiger partial charge in [0.05, 0.1) is 0 Å². The maximum atomic E-state index is 2.43. The fraction of sp³-hybridized carbons (Fsp3) is 0.565. The summed E-state index contributed by atoms with van der Waals surface area (Å²) < 4.78 is 6.28. The van der Waals surface area contributed by atoms with E-state index in [1.54, 1.807) is 18.9 Å². The van der Waals surface area contributed by atoms with Crippen LogP contribution in [-0.2, 0) is 4.44 Å². The average molecular weight is 431 g/mol. The molecule has 1 heteroatoms. The van der Waals surface area contributed by atoms with Crippen LogP contribution in [0.25, 0.3) is 10.8 Å². The van der Waals surface area contributed by atoms with Crippen molar-refractivity contribution in [2.75, 3.05) is 0 Å². The van der Waals surface area contributed by atoms with Crippen LogP contribution < -0.4 is 0 Å². The van der Waals surface area contributed by atoms with E-state index in [9.17, 15) is 0 Å². The standard InChI is InChI=1S/C11H9.3C4H9.Sn/c1-9-5-4-7-10-6-2-3-8-11(9)10;3*1-3-4-2;/h2-8H,1H2;3*1,3-4H2,2H3;. The molecule has 0 amide bonds. The monoisotopic (exact) mass is 432 g/mol. The maximum absolute atomic E-state index is 2.43. The van der Waals surface area contributed by atoms with Gasteiger partial charge in [-0.15, -0.1) is 0 Å². The van der Waals surface area contributed by atoms with Gasteiger partial charge in [-0.05, 0) is 0 Å². The summed E-state index contributed by atoms with van der Waals surface area (Å²) in [5, 5.41) is 2.95. The molecule has 0 aromatic heterocycles. The summed E-state index contributed by atoms with van der Waals surface area (Å²) in [4.78, 5) is 0. The van der Waals surface area contributed by atoms with Gasteiger partial charge >= 0.3 is 154 Å². The summed E-state index contributed by atoms with van der Waals surface area (Å²) >= 11 is -2.10. The van der Waals surface area contributed by atoms with E-state index in [-0.39, 0.29) is 0 Å². The van der Waals surface area contributed by atoms with Gasteiger partial charge in [0, 0.05) is 0 Å². The molecule has 0 saturated heterocycles. The van der Waals surface area contributed by atoms with Crippen LogP contribution in [-0.4, -0.2) is 18.4 Å². The molecule has 0 nitrogen and oxygen atoms in total. The SMILES string of the molecule is CCC[CH2][Sn]([CH2]CCC)([CH2]CCC)[CH2]c1cccc2ccccc12. The molecule has 0 bridgehead atoms. The second kappa shape index (κ2) is 10.5. The fourth-order valence-corrected chi connectivity index (χ4v) is 20.4. The van der Waals surface area contributed by atoms with Crippen molar-refractivity contribution in [3.8, 4) is 0 Å². The summed E-state index contributed by atoms with van der Waals surface area (Å²) in [7, 11) is 0. The Kier molecular flexibility index (Phi) is 8.65. The molecule has 0 radical (unpaired) electrons. The normalized spacial score (nSPS) is 12.0. The Hall–Kier alpha value is -0.501. The van der Waals surface area contributed by atoms with E-state index < -0.39 is 18.4 Å². The average Bonchev–Trinajstić information content (AvgIpc) is 2.63. The van der Waals surface area contributed by atoms with Crippen LogP contribution >= 0.6 is 0 Å². The van der Waals surface area contributed by atoms with Crippen LogP contribution in [0.5, 0.6) is 0 Å². The van der Waals surface area contributed by atoms with Crippen molar-refractivity contribution in [1.29, 1.82) is 0 Å². The van der Waals surface area contributed by atoms with Gasteiger partial charge < -0.3 is 0 Å². The van der Waals surface area contributed by atoms with Gasteiger partial charge in [-0.3, -0.25) is 0 Å². The summed E-state index contributed by atoms with van der Waals surface area (Å²) in [6.45, 7) is 7.11. The number of rotatable bonds is 11. The minimum atomic E-state index is -2.10. The van der Waals surface area contributed by atoms with E-state index in [1.807, 2.05) is 0 Å². The molecule has 0 saturated carbocycles. The van der Waals surface area contributed by atoms with Crippen molar-refractivity contribution in [3.05, 3.63) is 48.0 Å². The van der Waals surface area contributed by atoms with Gasteiger partial charge in [0.2, 0.25) is 0 Å². The quantitative estimate of drug-likeness (QED) is 0.319. The van der Waals surface area contributed by atoms with E-state index in [4.69, 9.17) is 0 Å². The molecule has 2 aromatic carbocycles. The van der Waals surface area contributed by atoms with Crippen molar-refractivity contribution >= 4 is 29.1 Å². The zero-order valence-electron chi connectivity index (χ0n) is 16.1. The Balaban J connectivity index is 2.32. The minimum absolute atomic E-state index is 1.37. The first-order valence-electron chi connectivity index (χ1n) is 10.2. The van der Waals surface area contributed by atoms with Gasteiger partial charge in [-0.1, -0.05) is 0 Å². The summed E-state index contributed by atoms with van der Waals surface area (Å²) in [5.74, 6) is 0. The molecule has 0 heterocycles. The van der Waals surface area contributed by atoms with Crippen molar-refractivity contribution in [2.24, 2.45) is 0 Å². The number of benzene rings is 2. The topological polar surface area (TPSA) is 0 Å². The molecule has 0 N–H and O–H groups in total. The molecule has 0 fully saturated rings. The Labute approximate surface area is 153 Å². The van der Waals surface area contributed by atoms with Crippen molar-refractivity contribution < 1.29 is 0 Å². The predicted octanol–water partition coefficient (Wildman–Crippen LogP) is 7.77. The number of unbranched alkanes of at least 4 members (excludes halogenated alkanes) is 3. The van der Waals surface area contributed by atoms with Gasteiger partial charge in [0.25, 0.3) is 0 Å². The molecule has 0 unspecified atom stereocenters. The molecule has 0 aliphatic rings. The second-order valence-electron chi connectivity index (χ2n) is 7.63. The Morgan fingerprint density at radius 2 is 1.21 bits per heavy atom. The fourth-order valence-electron chi connectivity index (χ4n) is 4.15. The van der Waals surface area contributed by atoms with Gasteiger partial charge in [0.1, 0.15) is 0 Å². The third-order valence-electron chi connectivity index (χ3n) is 5.63. The summed E-state index contributed by atoms with van der Waals surface area (Å²) in [6, 6.07) is 16.0. The van der Waals surface area contributed by atoms with Gasteiger partial charge in [0.15, 0.2) is 0 Å². The van der Waals surface area contributed by atoms with Crippen LogP contribution in [0, 0.1) is 0 Å². The van der Waals surface area contributed by atoms with Gasteiger partial charge in [-0.2, -0.15) is 0 Å². The third-order valence-corrected chi connectivity index (χ3v) is 21.0. The number of fused-ring (bicyclic) bond motifs is 1. The summed E-state index contributed by atoms with van der Waals surface area (Å²) in [6.07, 6.45) is 8.50. The molecular formula is C23H36Sn. The van der Waals surface area contributed by atoms with Gasteiger partial charge in [-0.25, -0.2) is 0 Å². The molecule has 0 aliphatic carbocycles.